The first kappa shape index (κ1) is 13.5. The molecule has 0 atom stereocenters. The van der Waals surface area contributed by atoms with Crippen LogP contribution in [0, 0.1) is 0 Å². The maximum absolute atomic E-state index is 11.7. The average molecular weight is 242 g/mol. The normalized spacial score (nSPS) is 14.2. The molecule has 1 aliphatic carbocycles. The average Bonchev–Trinajstić information content (AvgIpc) is 3.06. The molecule has 0 saturated heterocycles. The quantitative estimate of drug-likeness (QED) is 0.656. The number of hydrogen-bond donors (Lipinski definition) is 2. The molecule has 0 aliphatic heterocycles. The number of carboxylic acid groups (broad SMARTS) is 1. The molecular weight excluding hydrogens is 224 g/mol. The van der Waals surface area contributed by atoms with Crippen LogP contribution in [0.2, 0.25) is 0 Å². The Morgan fingerprint density at radius 3 is 2.47 bits per heavy atom. The summed E-state index contributed by atoms with van der Waals surface area (Å²) in [4.78, 5) is 34.8. The van der Waals surface area contributed by atoms with Crippen LogP contribution >= 0.6 is 0 Å². The van der Waals surface area contributed by atoms with Crippen molar-refractivity contribution in [1.29, 1.82) is 0 Å². The van der Waals surface area contributed by atoms with E-state index in [1.807, 2.05) is 6.92 Å². The highest BCUT2D eigenvalue weighted by molar-refractivity contribution is 5.87. The fourth-order valence-electron chi connectivity index (χ4n) is 1.54. The Bertz CT molecular complexity index is 313. The van der Waals surface area contributed by atoms with E-state index in [1.54, 1.807) is 0 Å². The van der Waals surface area contributed by atoms with Gasteiger partial charge in [-0.3, -0.25) is 14.4 Å². The van der Waals surface area contributed by atoms with E-state index in [0.29, 0.717) is 6.42 Å². The summed E-state index contributed by atoms with van der Waals surface area (Å²) in [6, 6.07) is 0.0432. The monoisotopic (exact) mass is 242 g/mol. The molecule has 0 unspecified atom stereocenters. The summed E-state index contributed by atoms with van der Waals surface area (Å²) in [5.41, 5.74) is 0. The SMILES string of the molecule is CCCC(=O)NCC(=O)N(CC(=O)O)C1CC1. The molecule has 0 bridgehead atoms. The molecule has 6 heteroatoms. The van der Waals surface area contributed by atoms with Crippen LogP contribution in [0.1, 0.15) is 32.6 Å². The summed E-state index contributed by atoms with van der Waals surface area (Å²) in [5, 5.41) is 11.2. The third kappa shape index (κ3) is 4.84. The Labute approximate surface area is 100.0 Å². The smallest absolute Gasteiger partial charge is 0.323 e. The third-order valence-corrected chi connectivity index (χ3v) is 2.53. The van der Waals surface area contributed by atoms with Gasteiger partial charge < -0.3 is 15.3 Å². The molecule has 2 N–H and O–H groups in total. The third-order valence-electron chi connectivity index (χ3n) is 2.53. The lowest BCUT2D eigenvalue weighted by molar-refractivity contribution is -0.144. The van der Waals surface area contributed by atoms with Crippen molar-refractivity contribution in [3.63, 3.8) is 0 Å². The molecule has 0 radical (unpaired) electrons. The van der Waals surface area contributed by atoms with Crippen molar-refractivity contribution in [2.24, 2.45) is 0 Å². The molecule has 0 aromatic rings. The molecule has 1 saturated carbocycles. The first-order valence-corrected chi connectivity index (χ1v) is 5.82. The highest BCUT2D eigenvalue weighted by Gasteiger charge is 2.33. The minimum absolute atomic E-state index is 0.0432. The van der Waals surface area contributed by atoms with Crippen molar-refractivity contribution in [3.05, 3.63) is 0 Å². The van der Waals surface area contributed by atoms with Crippen molar-refractivity contribution < 1.29 is 19.5 Å². The molecule has 0 spiro atoms. The van der Waals surface area contributed by atoms with Crippen LogP contribution in [-0.2, 0) is 14.4 Å². The molecule has 6 nitrogen and oxygen atoms in total. The van der Waals surface area contributed by atoms with Crippen LogP contribution in [0.4, 0.5) is 0 Å². The molecule has 1 rings (SSSR count). The predicted molar refractivity (Wildman–Crippen MR) is 60.3 cm³/mol. The number of carboxylic acids is 1. The molecule has 0 aromatic heterocycles. The Morgan fingerprint density at radius 1 is 1.35 bits per heavy atom. The molecule has 1 fully saturated rings. The van der Waals surface area contributed by atoms with Gasteiger partial charge in [-0.15, -0.1) is 0 Å². The van der Waals surface area contributed by atoms with Gasteiger partial charge in [-0.1, -0.05) is 6.92 Å². The zero-order valence-corrected chi connectivity index (χ0v) is 9.94. The van der Waals surface area contributed by atoms with Gasteiger partial charge in [0.05, 0.1) is 6.54 Å². The number of aliphatic carboxylic acids is 1. The van der Waals surface area contributed by atoms with Gasteiger partial charge in [0.25, 0.3) is 0 Å². The minimum atomic E-state index is -1.02. The second-order valence-electron chi connectivity index (χ2n) is 4.17. The van der Waals surface area contributed by atoms with Crippen LogP contribution in [-0.4, -0.2) is 46.9 Å². The largest absolute Gasteiger partial charge is 0.480 e. The van der Waals surface area contributed by atoms with Crippen molar-refractivity contribution in [1.82, 2.24) is 10.2 Å². The number of amides is 2. The number of carbonyl (C=O) groups excluding carboxylic acids is 2. The summed E-state index contributed by atoms with van der Waals surface area (Å²) < 4.78 is 0. The summed E-state index contributed by atoms with van der Waals surface area (Å²) in [6.07, 6.45) is 2.81. The predicted octanol–water partition coefficient (Wildman–Crippen LogP) is -0.0217. The molecule has 2 amide bonds. The minimum Gasteiger partial charge on any atom is -0.480 e. The molecule has 0 heterocycles. The highest BCUT2D eigenvalue weighted by Crippen LogP contribution is 2.26. The zero-order valence-electron chi connectivity index (χ0n) is 9.94. The zero-order chi connectivity index (χ0) is 12.8. The second kappa shape index (κ2) is 6.22. The van der Waals surface area contributed by atoms with E-state index >= 15 is 0 Å². The maximum atomic E-state index is 11.7. The van der Waals surface area contributed by atoms with Crippen LogP contribution in [0.5, 0.6) is 0 Å². The van der Waals surface area contributed by atoms with Gasteiger partial charge in [-0.2, -0.15) is 0 Å². The highest BCUT2D eigenvalue weighted by atomic mass is 16.4. The van der Waals surface area contributed by atoms with E-state index in [4.69, 9.17) is 5.11 Å². The van der Waals surface area contributed by atoms with E-state index in [9.17, 15) is 14.4 Å². The van der Waals surface area contributed by atoms with Gasteiger partial charge in [0.1, 0.15) is 6.54 Å². The number of rotatable bonds is 7. The van der Waals surface area contributed by atoms with E-state index in [1.165, 1.54) is 4.90 Å². The lowest BCUT2D eigenvalue weighted by Gasteiger charge is -2.20. The second-order valence-corrected chi connectivity index (χ2v) is 4.17. The van der Waals surface area contributed by atoms with Gasteiger partial charge in [0.15, 0.2) is 0 Å². The van der Waals surface area contributed by atoms with Gasteiger partial charge in [0, 0.05) is 12.5 Å². The standard InChI is InChI=1S/C11H18N2O4/c1-2-3-9(14)12-6-10(15)13(7-11(16)17)8-4-5-8/h8H,2-7H2,1H3,(H,12,14)(H,16,17). The Balaban J connectivity index is 2.37. The van der Waals surface area contributed by atoms with Crippen molar-refractivity contribution in [2.45, 2.75) is 38.6 Å². The van der Waals surface area contributed by atoms with E-state index in [0.717, 1.165) is 19.3 Å². The summed E-state index contributed by atoms with van der Waals surface area (Å²) in [5.74, 6) is -1.52. The number of hydrogen-bond acceptors (Lipinski definition) is 3. The molecule has 17 heavy (non-hydrogen) atoms. The first-order chi connectivity index (χ1) is 8.04. The number of nitrogens with one attached hydrogen (secondary N) is 1. The van der Waals surface area contributed by atoms with Gasteiger partial charge in [-0.25, -0.2) is 0 Å². The summed E-state index contributed by atoms with van der Waals surface area (Å²) in [7, 11) is 0. The first-order valence-electron chi connectivity index (χ1n) is 5.82. The van der Waals surface area contributed by atoms with Crippen LogP contribution < -0.4 is 5.32 Å². The van der Waals surface area contributed by atoms with E-state index in [2.05, 4.69) is 5.32 Å². The fourth-order valence-corrected chi connectivity index (χ4v) is 1.54. The lowest BCUT2D eigenvalue weighted by atomic mass is 10.3. The van der Waals surface area contributed by atoms with Crippen LogP contribution in [0.25, 0.3) is 0 Å². The van der Waals surface area contributed by atoms with Crippen molar-refractivity contribution in [3.8, 4) is 0 Å². The van der Waals surface area contributed by atoms with Crippen molar-refractivity contribution >= 4 is 17.8 Å². The van der Waals surface area contributed by atoms with E-state index in [-0.39, 0.29) is 30.9 Å². The molecule has 1 aliphatic rings. The van der Waals surface area contributed by atoms with E-state index < -0.39 is 5.97 Å². The molecule has 0 aromatic carbocycles. The van der Waals surface area contributed by atoms with Gasteiger partial charge in [-0.05, 0) is 19.3 Å². The Kier molecular flexibility index (Phi) is 4.93. The summed E-state index contributed by atoms with van der Waals surface area (Å²) >= 11 is 0. The van der Waals surface area contributed by atoms with Crippen LogP contribution in [0.3, 0.4) is 0 Å². The summed E-state index contributed by atoms with van der Waals surface area (Å²) in [6.45, 7) is 1.48. The van der Waals surface area contributed by atoms with Crippen molar-refractivity contribution in [2.75, 3.05) is 13.1 Å². The number of carbonyl (C=O) groups is 3. The Hall–Kier alpha value is -1.59. The Morgan fingerprint density at radius 2 is 2.00 bits per heavy atom. The lowest BCUT2D eigenvalue weighted by Crippen LogP contribution is -2.43. The number of nitrogens with zero attached hydrogens (tertiary/aromatic N) is 1. The fraction of sp³-hybridized carbons (Fsp3) is 0.727. The van der Waals surface area contributed by atoms with Gasteiger partial charge in [0.2, 0.25) is 11.8 Å². The molecule has 96 valence electrons. The van der Waals surface area contributed by atoms with Crippen LogP contribution in [0.15, 0.2) is 0 Å². The molecular formula is C11H18N2O4. The van der Waals surface area contributed by atoms with Gasteiger partial charge >= 0.3 is 5.97 Å². The topological polar surface area (TPSA) is 86.7 Å². The maximum Gasteiger partial charge on any atom is 0.323 e.